The number of aliphatic hydroxyl groups excluding tert-OH is 3. The van der Waals surface area contributed by atoms with Crippen molar-refractivity contribution in [2.24, 2.45) is 11.1 Å². The zero-order valence-electron chi connectivity index (χ0n) is 29.1. The fourth-order valence-corrected chi connectivity index (χ4v) is 8.20. The molecule has 2 aromatic heterocycles. The molecular formula is C25H43N8O18P3S. The van der Waals surface area contributed by atoms with Crippen molar-refractivity contribution in [3.8, 4) is 0 Å². The van der Waals surface area contributed by atoms with Gasteiger partial charge in [0, 0.05) is 43.6 Å². The predicted molar refractivity (Wildman–Crippen MR) is 187 cm³/mol. The topological polar surface area (TPSA) is 410 Å². The molecule has 0 bridgehead atoms. The molecule has 3 rings (SSSR count). The second kappa shape index (κ2) is 19.8. The molecule has 1 aliphatic rings. The first-order chi connectivity index (χ1) is 25.4. The van der Waals surface area contributed by atoms with E-state index in [0.29, 0.717) is 0 Å². The van der Waals surface area contributed by atoms with Crippen LogP contribution < -0.4 is 22.1 Å². The van der Waals surface area contributed by atoms with Crippen molar-refractivity contribution in [2.75, 3.05) is 44.3 Å². The average Bonchev–Trinajstić information content (AvgIpc) is 3.64. The van der Waals surface area contributed by atoms with Crippen LogP contribution in [0.15, 0.2) is 12.7 Å². The largest absolute Gasteiger partial charge is 0.481 e. The Morgan fingerprint density at radius 3 is 2.38 bits per heavy atom. The lowest BCUT2D eigenvalue weighted by molar-refractivity contribution is -0.137. The fraction of sp³-hybridized carbons (Fsp3) is 0.680. The van der Waals surface area contributed by atoms with Crippen LogP contribution in [0.25, 0.3) is 11.2 Å². The van der Waals surface area contributed by atoms with E-state index in [1.165, 1.54) is 13.8 Å². The Balaban J connectivity index is 1.49. The monoisotopic (exact) mass is 868 g/mol. The lowest BCUT2D eigenvalue weighted by Crippen LogP contribution is -2.46. The Bertz CT molecular complexity index is 1800. The molecule has 8 atom stereocenters. The summed E-state index contributed by atoms with van der Waals surface area (Å²) in [6, 6.07) is 0. The Kier molecular flexibility index (Phi) is 16.8. The number of fused-ring (bicyclic) bond motifs is 1. The number of ether oxygens (including phenoxy) is 1. The second-order valence-corrected chi connectivity index (χ2v) is 17.8. The molecular weight excluding hydrogens is 825 g/mol. The lowest BCUT2D eigenvalue weighted by Gasteiger charge is -2.30. The van der Waals surface area contributed by atoms with E-state index in [2.05, 4.69) is 34.4 Å². The molecule has 1 saturated heterocycles. The van der Waals surface area contributed by atoms with Gasteiger partial charge < -0.3 is 61.7 Å². The van der Waals surface area contributed by atoms with Crippen LogP contribution in [0.3, 0.4) is 0 Å². The molecule has 2 amide bonds. The van der Waals surface area contributed by atoms with Crippen LogP contribution in [0.2, 0.25) is 0 Å². The van der Waals surface area contributed by atoms with Gasteiger partial charge in [0.1, 0.15) is 36.3 Å². The summed E-state index contributed by atoms with van der Waals surface area (Å²) in [4.78, 5) is 87.0. The summed E-state index contributed by atoms with van der Waals surface area (Å²) in [5, 5.41) is 35.3. The van der Waals surface area contributed by atoms with E-state index in [4.69, 9.17) is 25.3 Å². The number of rotatable bonds is 22. The number of nitrogens with zero attached hydrogens (tertiary/aromatic N) is 4. The SMILES string of the molecule is CC(C)(COP(=O)(O)OP(=O)(O)OCC1OC(n2cnc3c(N)ncnc32)C(O)C1OP(=O)(O)O)C(O)C(=O)NCCC(=O)NCCSC(=O)CC(O)CN. The zero-order chi connectivity index (χ0) is 41.4. The summed E-state index contributed by atoms with van der Waals surface area (Å²) < 4.78 is 61.9. The minimum atomic E-state index is -5.58. The number of imidazole rings is 1. The third-order valence-electron chi connectivity index (χ3n) is 7.44. The van der Waals surface area contributed by atoms with Crippen LogP contribution in [0.1, 0.15) is 32.9 Å². The molecule has 0 aliphatic carbocycles. The number of carbonyl (C=O) groups is 3. The standard InChI is InChI=1S/C25H43N8O18P3S/c1-25(2,20(38)23(39)29-4-3-15(35)28-5-6-55-16(36)7-13(34)8-26)10-48-54(45,46)51-53(43,44)47-9-14-19(50-52(40,41)42)18(37)24(49-14)33-12-32-17-21(27)30-11-31-22(17)33/h11-14,18-20,24,34,37-38H,3-10,26H2,1-2H3,(H,28,35)(H,29,39)(H,43,44)(H,45,46)(H2,27,30,31)(H2,40,41,42). The van der Waals surface area contributed by atoms with Gasteiger partial charge in [-0.3, -0.25) is 32.5 Å². The minimum absolute atomic E-state index is 0.0236. The highest BCUT2D eigenvalue weighted by atomic mass is 32.2. The van der Waals surface area contributed by atoms with Gasteiger partial charge in [-0.05, 0) is 0 Å². The van der Waals surface area contributed by atoms with Crippen molar-refractivity contribution < 1.29 is 85.6 Å². The maximum absolute atomic E-state index is 12.6. The number of phosphoric ester groups is 3. The first-order valence-corrected chi connectivity index (χ1v) is 21.4. The van der Waals surface area contributed by atoms with Gasteiger partial charge in [0.05, 0.1) is 25.6 Å². The van der Waals surface area contributed by atoms with Gasteiger partial charge in [-0.2, -0.15) is 4.31 Å². The number of anilines is 1. The average molecular weight is 869 g/mol. The zero-order valence-corrected chi connectivity index (χ0v) is 32.6. The van der Waals surface area contributed by atoms with Crippen LogP contribution in [0.4, 0.5) is 5.82 Å². The molecule has 0 spiro atoms. The van der Waals surface area contributed by atoms with Gasteiger partial charge in [0.15, 0.2) is 22.8 Å². The van der Waals surface area contributed by atoms with E-state index in [1.807, 2.05) is 0 Å². The number of nitrogen functional groups attached to an aromatic ring is 1. The number of aromatic nitrogens is 4. The van der Waals surface area contributed by atoms with Crippen molar-refractivity contribution >= 4 is 69.1 Å². The molecule has 0 radical (unpaired) electrons. The summed E-state index contributed by atoms with van der Waals surface area (Å²) in [6.45, 7) is 0.236. The van der Waals surface area contributed by atoms with Crippen LogP contribution >= 0.6 is 35.2 Å². The third-order valence-corrected chi connectivity index (χ3v) is 11.4. The Hall–Kier alpha value is -2.52. The quantitative estimate of drug-likeness (QED) is 0.0426. The number of phosphoric acid groups is 3. The molecule has 8 unspecified atom stereocenters. The van der Waals surface area contributed by atoms with Crippen molar-refractivity contribution in [3.05, 3.63) is 12.7 Å². The number of hydrogen-bond donors (Lipinski definition) is 11. The van der Waals surface area contributed by atoms with E-state index in [1.54, 1.807) is 0 Å². The maximum Gasteiger partial charge on any atom is 0.481 e. The first kappa shape index (κ1) is 46.9. The fourth-order valence-electron chi connectivity index (χ4n) is 4.63. The number of nitrogens with one attached hydrogen (secondary N) is 2. The Morgan fingerprint density at radius 1 is 1.05 bits per heavy atom. The molecule has 1 aliphatic heterocycles. The number of aliphatic hydroxyl groups is 3. The van der Waals surface area contributed by atoms with Crippen molar-refractivity contribution in [3.63, 3.8) is 0 Å². The molecule has 0 saturated carbocycles. The van der Waals surface area contributed by atoms with Crippen molar-refractivity contribution in [2.45, 2.75) is 63.4 Å². The molecule has 2 aromatic rings. The van der Waals surface area contributed by atoms with Gasteiger partial charge in [0.2, 0.25) is 11.8 Å². The van der Waals surface area contributed by atoms with E-state index < -0.39 is 90.7 Å². The molecule has 30 heteroatoms. The molecule has 55 heavy (non-hydrogen) atoms. The van der Waals surface area contributed by atoms with E-state index in [-0.39, 0.29) is 60.3 Å². The van der Waals surface area contributed by atoms with Gasteiger partial charge in [-0.25, -0.2) is 28.6 Å². The maximum atomic E-state index is 12.6. The van der Waals surface area contributed by atoms with Crippen LogP contribution in [-0.4, -0.2) is 140 Å². The number of carbonyl (C=O) groups excluding carboxylic acids is 3. The smallest absolute Gasteiger partial charge is 0.391 e. The summed E-state index contributed by atoms with van der Waals surface area (Å²) in [6.07, 6.45) is -8.10. The number of thioether (sulfide) groups is 1. The number of hydrogen-bond acceptors (Lipinski definition) is 20. The number of nitrogens with two attached hydrogens (primary N) is 2. The van der Waals surface area contributed by atoms with E-state index in [9.17, 15) is 63.0 Å². The van der Waals surface area contributed by atoms with Gasteiger partial charge in [-0.1, -0.05) is 25.6 Å². The minimum Gasteiger partial charge on any atom is -0.391 e. The van der Waals surface area contributed by atoms with Gasteiger partial charge >= 0.3 is 23.5 Å². The van der Waals surface area contributed by atoms with Gasteiger partial charge in [0.25, 0.3) is 0 Å². The Labute approximate surface area is 316 Å². The third kappa shape index (κ3) is 14.4. The summed E-state index contributed by atoms with van der Waals surface area (Å²) in [5.74, 6) is -1.32. The predicted octanol–water partition coefficient (Wildman–Crippen LogP) is -2.63. The highest BCUT2D eigenvalue weighted by molar-refractivity contribution is 8.13. The van der Waals surface area contributed by atoms with Crippen molar-refractivity contribution in [1.29, 1.82) is 0 Å². The summed E-state index contributed by atoms with van der Waals surface area (Å²) in [7, 11) is -16.4. The highest BCUT2D eigenvalue weighted by Gasteiger charge is 2.50. The summed E-state index contributed by atoms with van der Waals surface area (Å²) in [5.41, 5.74) is 9.46. The molecule has 312 valence electrons. The van der Waals surface area contributed by atoms with E-state index in [0.717, 1.165) is 29.0 Å². The molecule has 1 fully saturated rings. The first-order valence-electron chi connectivity index (χ1n) is 15.9. The van der Waals surface area contributed by atoms with Crippen LogP contribution in [0, 0.1) is 5.41 Å². The molecule has 26 nitrogen and oxygen atoms in total. The van der Waals surface area contributed by atoms with E-state index >= 15 is 0 Å². The molecule has 13 N–H and O–H groups in total. The number of amides is 2. The highest BCUT2D eigenvalue weighted by Crippen LogP contribution is 2.61. The molecule has 3 heterocycles. The lowest BCUT2D eigenvalue weighted by atomic mass is 9.87. The normalized spacial score (nSPS) is 22.4. The molecule has 0 aromatic carbocycles. The Morgan fingerprint density at radius 2 is 1.73 bits per heavy atom. The van der Waals surface area contributed by atoms with Crippen LogP contribution in [-0.2, 0) is 50.7 Å². The summed E-state index contributed by atoms with van der Waals surface area (Å²) >= 11 is 0.898. The van der Waals surface area contributed by atoms with Crippen LogP contribution in [0.5, 0.6) is 0 Å². The van der Waals surface area contributed by atoms with Crippen molar-refractivity contribution in [1.82, 2.24) is 30.2 Å². The second-order valence-electron chi connectivity index (χ2n) is 12.4. The van der Waals surface area contributed by atoms with Gasteiger partial charge in [-0.15, -0.1) is 0 Å².